The highest BCUT2D eigenvalue weighted by atomic mass is 16.6. The molecule has 1 aliphatic rings. The van der Waals surface area contributed by atoms with Crippen LogP contribution in [0.4, 0.5) is 5.69 Å². The van der Waals surface area contributed by atoms with Crippen molar-refractivity contribution in [3.8, 4) is 5.75 Å². The number of carbonyl (C=O) groups excluding carboxylic acids is 2. The minimum atomic E-state index is -0.989. The highest BCUT2D eigenvalue weighted by Gasteiger charge is 2.44. The average molecular weight is 453 g/mol. The monoisotopic (exact) mass is 453 g/mol. The van der Waals surface area contributed by atoms with Gasteiger partial charge in [0.1, 0.15) is 5.75 Å². The Bertz CT molecular complexity index is 1120. The molecule has 0 bridgehead atoms. The fourth-order valence-corrected chi connectivity index (χ4v) is 4.03. The van der Waals surface area contributed by atoms with E-state index in [-0.39, 0.29) is 23.4 Å². The molecule has 0 aromatic heterocycles. The van der Waals surface area contributed by atoms with E-state index in [9.17, 15) is 24.8 Å². The van der Waals surface area contributed by atoms with E-state index >= 15 is 0 Å². The van der Waals surface area contributed by atoms with Gasteiger partial charge in [-0.1, -0.05) is 24.0 Å². The van der Waals surface area contributed by atoms with Gasteiger partial charge >= 0.3 is 0 Å². The van der Waals surface area contributed by atoms with Crippen molar-refractivity contribution < 1.29 is 29.3 Å². The second kappa shape index (κ2) is 9.83. The molecule has 1 heterocycles. The van der Waals surface area contributed by atoms with Gasteiger partial charge in [0.25, 0.3) is 11.6 Å². The Morgan fingerprint density at radius 3 is 2.52 bits per heavy atom. The number of carbonyl (C=O) groups is 2. The second-order valence-electron chi connectivity index (χ2n) is 8.32. The number of likely N-dealkylation sites (tertiary alicyclic amines) is 1. The van der Waals surface area contributed by atoms with Crippen LogP contribution in [0, 0.1) is 17.0 Å². The summed E-state index contributed by atoms with van der Waals surface area (Å²) in [5.74, 6) is -1.62. The topological polar surface area (TPSA) is 117 Å². The zero-order chi connectivity index (χ0) is 24.3. The minimum absolute atomic E-state index is 0.177. The van der Waals surface area contributed by atoms with Crippen LogP contribution in [-0.2, 0) is 9.59 Å². The zero-order valence-corrected chi connectivity index (χ0v) is 19.1. The second-order valence-corrected chi connectivity index (χ2v) is 8.32. The molecule has 174 valence electrons. The van der Waals surface area contributed by atoms with E-state index < -0.39 is 28.4 Å². The van der Waals surface area contributed by atoms with E-state index in [2.05, 4.69) is 0 Å². The van der Waals surface area contributed by atoms with Crippen LogP contribution >= 0.6 is 0 Å². The van der Waals surface area contributed by atoms with Crippen LogP contribution in [0.2, 0.25) is 0 Å². The molecule has 2 aromatic carbocycles. The molecule has 1 N–H and O–H groups in total. The van der Waals surface area contributed by atoms with Gasteiger partial charge < -0.3 is 19.6 Å². The summed E-state index contributed by atoms with van der Waals surface area (Å²) >= 11 is 0. The Hall–Kier alpha value is -3.72. The summed E-state index contributed by atoms with van der Waals surface area (Å²) < 4.78 is 5.24. The lowest BCUT2D eigenvalue weighted by Crippen LogP contribution is -3.05. The van der Waals surface area contributed by atoms with Gasteiger partial charge in [-0.2, -0.15) is 0 Å². The summed E-state index contributed by atoms with van der Waals surface area (Å²) in [5, 5.41) is 24.8. The van der Waals surface area contributed by atoms with Gasteiger partial charge in [-0.15, -0.1) is 0 Å². The van der Waals surface area contributed by atoms with Crippen molar-refractivity contribution in [2.45, 2.75) is 19.4 Å². The third kappa shape index (κ3) is 4.88. The van der Waals surface area contributed by atoms with Crippen LogP contribution in [0.1, 0.15) is 29.2 Å². The number of nitro groups is 1. The Balaban J connectivity index is 2.15. The molecule has 9 heteroatoms. The predicted molar refractivity (Wildman–Crippen MR) is 120 cm³/mol. The van der Waals surface area contributed by atoms with Gasteiger partial charge in [0, 0.05) is 30.7 Å². The van der Waals surface area contributed by atoms with Crippen molar-refractivity contribution >= 4 is 23.1 Å². The highest BCUT2D eigenvalue weighted by molar-refractivity contribution is 6.46. The Kier molecular flexibility index (Phi) is 7.13. The molecule has 1 fully saturated rings. The first-order valence-electron chi connectivity index (χ1n) is 10.6. The van der Waals surface area contributed by atoms with Crippen LogP contribution in [-0.4, -0.2) is 55.8 Å². The van der Waals surface area contributed by atoms with Gasteiger partial charge in [-0.25, -0.2) is 0 Å². The first-order chi connectivity index (χ1) is 15.6. The van der Waals surface area contributed by atoms with E-state index in [1.165, 1.54) is 35.1 Å². The Morgan fingerprint density at radius 2 is 1.91 bits per heavy atom. The number of ether oxygens (including phenoxy) is 1. The molecule has 0 spiro atoms. The van der Waals surface area contributed by atoms with E-state index in [4.69, 9.17) is 4.74 Å². The number of hydrogen-bond donors (Lipinski definition) is 1. The first kappa shape index (κ1) is 23.9. The predicted octanol–water partition coefficient (Wildman–Crippen LogP) is 0.670. The van der Waals surface area contributed by atoms with E-state index in [0.29, 0.717) is 23.3 Å². The van der Waals surface area contributed by atoms with Gasteiger partial charge in [0.15, 0.2) is 0 Å². The van der Waals surface area contributed by atoms with Crippen LogP contribution in [0.15, 0.2) is 48.0 Å². The number of Topliss-reactive ketones (excluding diaryl/α,β-unsaturated/α-hetero) is 1. The van der Waals surface area contributed by atoms with Gasteiger partial charge in [-0.05, 0) is 35.7 Å². The largest absolute Gasteiger partial charge is 0.872 e. The number of nitrogens with zero attached hydrogens (tertiary/aromatic N) is 2. The number of methoxy groups -OCH3 is 1. The summed E-state index contributed by atoms with van der Waals surface area (Å²) in [4.78, 5) is 39.3. The summed E-state index contributed by atoms with van der Waals surface area (Å²) in [6.45, 7) is 2.78. The zero-order valence-electron chi connectivity index (χ0n) is 19.1. The maximum absolute atomic E-state index is 13.5. The molecule has 1 aliphatic heterocycles. The molecule has 0 aliphatic carbocycles. The normalized spacial score (nSPS) is 17.6. The smallest absolute Gasteiger partial charge is 0.295 e. The molecule has 9 nitrogen and oxygen atoms in total. The number of non-ortho nitro benzene ring substituents is 1. The molecule has 0 radical (unpaired) electrons. The average Bonchev–Trinajstić information content (AvgIpc) is 3.03. The van der Waals surface area contributed by atoms with Crippen LogP contribution < -0.4 is 14.7 Å². The van der Waals surface area contributed by atoms with Crippen molar-refractivity contribution in [2.24, 2.45) is 0 Å². The lowest BCUT2D eigenvalue weighted by molar-refractivity contribution is -0.858. The van der Waals surface area contributed by atoms with Crippen LogP contribution in [0.25, 0.3) is 5.76 Å². The molecule has 1 unspecified atom stereocenters. The van der Waals surface area contributed by atoms with Gasteiger partial charge in [0.05, 0.1) is 38.7 Å². The number of nitrogens with one attached hydrogen (secondary N) is 1. The van der Waals surface area contributed by atoms with Crippen molar-refractivity contribution in [1.82, 2.24) is 4.90 Å². The first-order valence-corrected chi connectivity index (χ1v) is 10.6. The molecule has 1 atom stereocenters. The molecule has 33 heavy (non-hydrogen) atoms. The number of nitro benzene ring substituents is 1. The van der Waals surface area contributed by atoms with Crippen molar-refractivity contribution in [3.63, 3.8) is 0 Å². The van der Waals surface area contributed by atoms with E-state index in [1.807, 2.05) is 14.1 Å². The molecule has 1 saturated heterocycles. The number of ketones is 1. The molecular formula is C24H27N3O6. The number of quaternary nitrogens is 1. The lowest BCUT2D eigenvalue weighted by Gasteiger charge is -2.27. The van der Waals surface area contributed by atoms with E-state index in [1.54, 1.807) is 31.2 Å². The van der Waals surface area contributed by atoms with Crippen molar-refractivity contribution in [2.75, 3.05) is 34.3 Å². The maximum Gasteiger partial charge on any atom is 0.295 e. The summed E-state index contributed by atoms with van der Waals surface area (Å²) in [6.07, 6.45) is 0.607. The third-order valence-corrected chi connectivity index (χ3v) is 5.66. The molecule has 0 saturated carbocycles. The minimum Gasteiger partial charge on any atom is -0.872 e. The van der Waals surface area contributed by atoms with Crippen molar-refractivity contribution in [3.05, 3.63) is 74.8 Å². The van der Waals surface area contributed by atoms with Crippen LogP contribution in [0.3, 0.4) is 0 Å². The SMILES string of the molecule is COc1ccc(C([O-])=C2C(=O)C(=O)N(CCC[NH+](C)C)C2c2cccc([N+](=O)[O-])c2)cc1C. The fraction of sp³-hybridized carbons (Fsp3) is 0.333. The number of amides is 1. The Labute approximate surface area is 192 Å². The summed E-state index contributed by atoms with van der Waals surface area (Å²) in [5.41, 5.74) is 0.943. The summed E-state index contributed by atoms with van der Waals surface area (Å²) in [6, 6.07) is 9.52. The van der Waals surface area contributed by atoms with E-state index in [0.717, 1.165) is 6.54 Å². The standard InChI is InChI=1S/C24H27N3O6/c1-15-13-17(9-10-19(15)33-4)22(28)20-21(16-7-5-8-18(14-16)27(31)32)26(24(30)23(20)29)12-6-11-25(2)3/h5,7-10,13-14,21,28H,6,11-12H2,1-4H3. The van der Waals surface area contributed by atoms with Gasteiger partial charge in [0.2, 0.25) is 5.78 Å². The Morgan fingerprint density at radius 1 is 1.18 bits per heavy atom. The molecular weight excluding hydrogens is 426 g/mol. The molecule has 2 aromatic rings. The quantitative estimate of drug-likeness (QED) is 0.206. The lowest BCUT2D eigenvalue weighted by atomic mass is 9.94. The summed E-state index contributed by atoms with van der Waals surface area (Å²) in [7, 11) is 5.47. The highest BCUT2D eigenvalue weighted by Crippen LogP contribution is 2.40. The number of benzene rings is 2. The molecule has 1 amide bonds. The fourth-order valence-electron chi connectivity index (χ4n) is 4.03. The van der Waals surface area contributed by atoms with Gasteiger partial charge in [-0.3, -0.25) is 19.7 Å². The number of rotatable bonds is 8. The maximum atomic E-state index is 13.5. The van der Waals surface area contributed by atoms with Crippen LogP contribution in [0.5, 0.6) is 5.75 Å². The molecule has 3 rings (SSSR count). The number of aryl methyl sites for hydroxylation is 1. The third-order valence-electron chi connectivity index (χ3n) is 5.66. The van der Waals surface area contributed by atoms with Crippen molar-refractivity contribution in [1.29, 1.82) is 0 Å². The number of hydrogen-bond acceptors (Lipinski definition) is 6.